The van der Waals surface area contributed by atoms with Gasteiger partial charge in [0.15, 0.2) is 5.79 Å². The van der Waals surface area contributed by atoms with E-state index in [1.165, 1.54) is 50.5 Å². The standard InChI is InChI=1S/C23H41NO2/c1-5-24(17-19(2)3)16-11-21-18-25-23(26-21)14-9-20(10-15-23)22(4)12-7-6-8-13-22/h20-21H,2,5-18H2,1,3-4H3. The van der Waals surface area contributed by atoms with Crippen LogP contribution in [0.4, 0.5) is 0 Å². The van der Waals surface area contributed by atoms with E-state index in [1.54, 1.807) is 0 Å². The molecule has 3 aliphatic rings. The van der Waals surface area contributed by atoms with Crippen LogP contribution in [0, 0.1) is 11.3 Å². The Morgan fingerprint density at radius 3 is 2.42 bits per heavy atom. The Bertz CT molecular complexity index is 461. The predicted octanol–water partition coefficient (Wildman–Crippen LogP) is 5.55. The van der Waals surface area contributed by atoms with Crippen LogP contribution < -0.4 is 0 Å². The van der Waals surface area contributed by atoms with Crippen LogP contribution in [0.3, 0.4) is 0 Å². The molecule has 26 heavy (non-hydrogen) atoms. The van der Waals surface area contributed by atoms with Crippen molar-refractivity contribution >= 4 is 0 Å². The quantitative estimate of drug-likeness (QED) is 0.554. The fourth-order valence-electron chi connectivity index (χ4n) is 5.60. The van der Waals surface area contributed by atoms with Gasteiger partial charge in [-0.3, -0.25) is 4.90 Å². The molecule has 1 aliphatic heterocycles. The van der Waals surface area contributed by atoms with Crippen LogP contribution in [0.25, 0.3) is 0 Å². The SMILES string of the molecule is C=C(C)CN(CC)CCC1COC2(CCC(C3(C)CCCCC3)CC2)O1. The molecule has 0 aromatic rings. The highest BCUT2D eigenvalue weighted by molar-refractivity contribution is 4.94. The first-order chi connectivity index (χ1) is 12.4. The number of rotatable bonds is 7. The molecule has 2 aliphatic carbocycles. The summed E-state index contributed by atoms with van der Waals surface area (Å²) in [4.78, 5) is 2.46. The molecule has 0 radical (unpaired) electrons. The average Bonchev–Trinajstić information content (AvgIpc) is 3.02. The number of ether oxygens (including phenoxy) is 2. The summed E-state index contributed by atoms with van der Waals surface area (Å²) in [6, 6.07) is 0. The molecule has 1 saturated heterocycles. The van der Waals surface area contributed by atoms with E-state index in [2.05, 4.69) is 32.3 Å². The second-order valence-corrected chi connectivity index (χ2v) is 9.57. The number of hydrogen-bond donors (Lipinski definition) is 0. The normalized spacial score (nSPS) is 34.5. The van der Waals surface area contributed by atoms with Gasteiger partial charge in [0.05, 0.1) is 12.7 Å². The van der Waals surface area contributed by atoms with Crippen LogP contribution >= 0.6 is 0 Å². The van der Waals surface area contributed by atoms with Crippen molar-refractivity contribution in [1.82, 2.24) is 4.90 Å². The van der Waals surface area contributed by atoms with E-state index in [0.29, 0.717) is 5.41 Å². The maximum Gasteiger partial charge on any atom is 0.168 e. The molecule has 3 rings (SSSR count). The number of hydrogen-bond acceptors (Lipinski definition) is 3. The lowest BCUT2D eigenvalue weighted by atomic mass is 9.62. The highest BCUT2D eigenvalue weighted by Gasteiger charge is 2.47. The summed E-state index contributed by atoms with van der Waals surface area (Å²) in [6.45, 7) is 14.9. The molecule has 3 fully saturated rings. The molecule has 3 heteroatoms. The molecule has 1 spiro atoms. The molecule has 0 N–H and O–H groups in total. The van der Waals surface area contributed by atoms with E-state index in [-0.39, 0.29) is 11.9 Å². The second-order valence-electron chi connectivity index (χ2n) is 9.57. The average molecular weight is 364 g/mol. The summed E-state index contributed by atoms with van der Waals surface area (Å²) in [7, 11) is 0. The van der Waals surface area contributed by atoms with Crippen LogP contribution in [0.5, 0.6) is 0 Å². The minimum absolute atomic E-state index is 0.252. The molecular weight excluding hydrogens is 322 g/mol. The van der Waals surface area contributed by atoms with E-state index < -0.39 is 0 Å². The minimum atomic E-state index is -0.252. The van der Waals surface area contributed by atoms with E-state index in [4.69, 9.17) is 9.47 Å². The van der Waals surface area contributed by atoms with E-state index in [9.17, 15) is 0 Å². The van der Waals surface area contributed by atoms with Gasteiger partial charge in [0.1, 0.15) is 0 Å². The summed E-state index contributed by atoms with van der Waals surface area (Å²) in [5.74, 6) is 0.628. The van der Waals surface area contributed by atoms with Gasteiger partial charge < -0.3 is 9.47 Å². The zero-order valence-electron chi connectivity index (χ0n) is 17.5. The summed E-state index contributed by atoms with van der Waals surface area (Å²) in [5, 5.41) is 0. The van der Waals surface area contributed by atoms with E-state index in [0.717, 1.165) is 51.4 Å². The van der Waals surface area contributed by atoms with Crippen molar-refractivity contribution in [3.63, 3.8) is 0 Å². The Morgan fingerprint density at radius 2 is 1.81 bits per heavy atom. The van der Waals surface area contributed by atoms with Crippen molar-refractivity contribution in [2.24, 2.45) is 11.3 Å². The van der Waals surface area contributed by atoms with Crippen molar-refractivity contribution < 1.29 is 9.47 Å². The van der Waals surface area contributed by atoms with Crippen molar-refractivity contribution in [3.8, 4) is 0 Å². The van der Waals surface area contributed by atoms with Crippen LogP contribution in [0.15, 0.2) is 12.2 Å². The first-order valence-electron chi connectivity index (χ1n) is 11.1. The molecule has 2 saturated carbocycles. The van der Waals surface area contributed by atoms with Gasteiger partial charge in [-0.1, -0.05) is 45.3 Å². The lowest BCUT2D eigenvalue weighted by Gasteiger charge is -2.46. The van der Waals surface area contributed by atoms with Crippen molar-refractivity contribution in [2.45, 2.75) is 96.9 Å². The van der Waals surface area contributed by atoms with Gasteiger partial charge in [0.2, 0.25) is 0 Å². The Labute approximate surface area is 161 Å². The van der Waals surface area contributed by atoms with Gasteiger partial charge in [-0.05, 0) is 56.9 Å². The number of nitrogens with zero attached hydrogens (tertiary/aromatic N) is 1. The molecular formula is C23H41NO2. The highest BCUT2D eigenvalue weighted by Crippen LogP contribution is 2.51. The Hall–Kier alpha value is -0.380. The van der Waals surface area contributed by atoms with Gasteiger partial charge >= 0.3 is 0 Å². The molecule has 150 valence electrons. The molecule has 0 bridgehead atoms. The first kappa shape index (κ1) is 20.4. The lowest BCUT2D eigenvalue weighted by molar-refractivity contribution is -0.199. The third-order valence-corrected chi connectivity index (χ3v) is 7.35. The maximum atomic E-state index is 6.49. The molecule has 0 aromatic carbocycles. The summed E-state index contributed by atoms with van der Waals surface area (Å²) >= 11 is 0. The van der Waals surface area contributed by atoms with Gasteiger partial charge in [0.25, 0.3) is 0 Å². The zero-order valence-corrected chi connectivity index (χ0v) is 17.5. The van der Waals surface area contributed by atoms with Gasteiger partial charge in [-0.15, -0.1) is 0 Å². The van der Waals surface area contributed by atoms with Crippen LogP contribution in [0.1, 0.15) is 85.0 Å². The van der Waals surface area contributed by atoms with Crippen molar-refractivity contribution in [3.05, 3.63) is 12.2 Å². The largest absolute Gasteiger partial charge is 0.347 e. The van der Waals surface area contributed by atoms with Crippen LogP contribution in [-0.2, 0) is 9.47 Å². The fourth-order valence-corrected chi connectivity index (χ4v) is 5.60. The summed E-state index contributed by atoms with van der Waals surface area (Å²) in [5.41, 5.74) is 1.82. The Kier molecular flexibility index (Phi) is 6.85. The van der Waals surface area contributed by atoms with E-state index >= 15 is 0 Å². The van der Waals surface area contributed by atoms with Gasteiger partial charge in [-0.2, -0.15) is 0 Å². The lowest BCUT2D eigenvalue weighted by Crippen LogP contribution is -2.41. The van der Waals surface area contributed by atoms with Gasteiger partial charge in [-0.25, -0.2) is 0 Å². The monoisotopic (exact) mass is 363 g/mol. The molecule has 0 amide bonds. The molecule has 1 unspecified atom stereocenters. The van der Waals surface area contributed by atoms with E-state index in [1.807, 2.05) is 0 Å². The smallest absolute Gasteiger partial charge is 0.168 e. The van der Waals surface area contributed by atoms with Crippen molar-refractivity contribution in [2.75, 3.05) is 26.2 Å². The molecule has 1 atom stereocenters. The third kappa shape index (κ3) is 4.91. The molecule has 3 nitrogen and oxygen atoms in total. The van der Waals surface area contributed by atoms with Gasteiger partial charge in [0, 0.05) is 25.9 Å². The summed E-state index contributed by atoms with van der Waals surface area (Å²) in [6.07, 6.45) is 13.3. The zero-order chi connectivity index (χ0) is 18.6. The second kappa shape index (κ2) is 8.75. The van der Waals surface area contributed by atoms with Crippen LogP contribution in [0.2, 0.25) is 0 Å². The third-order valence-electron chi connectivity index (χ3n) is 7.35. The number of likely N-dealkylation sites (N-methyl/N-ethyl adjacent to an activating group) is 1. The fraction of sp³-hybridized carbons (Fsp3) is 0.913. The van der Waals surface area contributed by atoms with Crippen molar-refractivity contribution in [1.29, 1.82) is 0 Å². The maximum absolute atomic E-state index is 6.49. The Balaban J connectivity index is 1.44. The first-order valence-corrected chi connectivity index (χ1v) is 11.1. The molecule has 1 heterocycles. The minimum Gasteiger partial charge on any atom is -0.347 e. The highest BCUT2D eigenvalue weighted by atomic mass is 16.7. The predicted molar refractivity (Wildman–Crippen MR) is 108 cm³/mol. The molecule has 0 aromatic heterocycles. The summed E-state index contributed by atoms with van der Waals surface area (Å²) < 4.78 is 12.7. The Morgan fingerprint density at radius 1 is 1.12 bits per heavy atom. The topological polar surface area (TPSA) is 21.7 Å². The van der Waals surface area contributed by atoms with Crippen LogP contribution in [-0.4, -0.2) is 43.0 Å².